The molecule has 0 aliphatic carbocycles. The summed E-state index contributed by atoms with van der Waals surface area (Å²) in [4.78, 5) is 25.3. The first-order valence-corrected chi connectivity index (χ1v) is 10.4. The number of nitrogens with one attached hydrogen (secondary N) is 1. The van der Waals surface area contributed by atoms with Crippen molar-refractivity contribution in [2.45, 2.75) is 6.92 Å². The van der Waals surface area contributed by atoms with Crippen LogP contribution in [0.5, 0.6) is 5.75 Å². The molecule has 0 aliphatic heterocycles. The van der Waals surface area contributed by atoms with Crippen molar-refractivity contribution in [2.24, 2.45) is 0 Å². The largest absolute Gasteiger partial charge is 0.497 e. The number of benzene rings is 3. The number of hydrogen-bond donors (Lipinski definition) is 1. The molecule has 7 nitrogen and oxygen atoms in total. The Hall–Kier alpha value is -4.39. The topological polar surface area (TPSA) is 82.5 Å². The lowest BCUT2D eigenvalue weighted by atomic mass is 10.1. The van der Waals surface area contributed by atoms with Crippen molar-refractivity contribution < 1.29 is 19.1 Å². The molecule has 0 bridgehead atoms. The van der Waals surface area contributed by atoms with E-state index in [0.717, 1.165) is 16.8 Å². The molecule has 7 heteroatoms. The van der Waals surface area contributed by atoms with E-state index in [0.29, 0.717) is 17.1 Å². The zero-order valence-electron chi connectivity index (χ0n) is 18.3. The quantitative estimate of drug-likeness (QED) is 0.422. The van der Waals surface area contributed by atoms with Gasteiger partial charge in [-0.15, -0.1) is 0 Å². The number of hydrogen-bond acceptors (Lipinski definition) is 5. The Morgan fingerprint density at radius 1 is 0.939 bits per heavy atom. The number of ether oxygens (including phenoxy) is 2. The van der Waals surface area contributed by atoms with Crippen LogP contribution in [0, 0.1) is 6.92 Å². The molecule has 33 heavy (non-hydrogen) atoms. The third-order valence-electron chi connectivity index (χ3n) is 5.07. The number of aryl methyl sites for hydroxylation is 1. The monoisotopic (exact) mass is 441 g/mol. The molecule has 1 N–H and O–H groups in total. The van der Waals surface area contributed by atoms with E-state index < -0.39 is 18.5 Å². The van der Waals surface area contributed by atoms with Crippen LogP contribution in [0.4, 0.5) is 5.69 Å². The summed E-state index contributed by atoms with van der Waals surface area (Å²) < 4.78 is 12.2. The van der Waals surface area contributed by atoms with Crippen LogP contribution in [0.3, 0.4) is 0 Å². The minimum atomic E-state index is -0.636. The summed E-state index contributed by atoms with van der Waals surface area (Å²) >= 11 is 0. The smallest absolute Gasteiger partial charge is 0.342 e. The molecule has 0 unspecified atom stereocenters. The van der Waals surface area contributed by atoms with Crippen molar-refractivity contribution in [1.82, 2.24) is 9.78 Å². The van der Waals surface area contributed by atoms with Crippen LogP contribution in [0.1, 0.15) is 15.9 Å². The van der Waals surface area contributed by atoms with Gasteiger partial charge in [-0.25, -0.2) is 9.48 Å². The van der Waals surface area contributed by atoms with Crippen LogP contribution in [-0.2, 0) is 9.53 Å². The molecule has 4 rings (SSSR count). The highest BCUT2D eigenvalue weighted by Crippen LogP contribution is 2.26. The second-order valence-corrected chi connectivity index (χ2v) is 7.34. The van der Waals surface area contributed by atoms with Gasteiger partial charge in [0.05, 0.1) is 12.8 Å². The number of carbonyl (C=O) groups excluding carboxylic acids is 2. The van der Waals surface area contributed by atoms with E-state index in [1.54, 1.807) is 36.2 Å². The summed E-state index contributed by atoms with van der Waals surface area (Å²) in [5, 5.41) is 7.36. The van der Waals surface area contributed by atoms with Crippen molar-refractivity contribution in [3.63, 3.8) is 0 Å². The minimum Gasteiger partial charge on any atom is -0.497 e. The molecule has 1 heterocycles. The maximum atomic E-state index is 13.0. The van der Waals surface area contributed by atoms with Gasteiger partial charge < -0.3 is 14.8 Å². The SMILES string of the molecule is COc1ccc(-c2nn(-c3ccccc3)cc2C(=O)OCC(=O)Nc2ccccc2C)cc1. The Bertz CT molecular complexity index is 1260. The Morgan fingerprint density at radius 2 is 1.64 bits per heavy atom. The van der Waals surface area contributed by atoms with E-state index in [-0.39, 0.29) is 5.56 Å². The highest BCUT2D eigenvalue weighted by atomic mass is 16.5. The van der Waals surface area contributed by atoms with Crippen LogP contribution in [0.2, 0.25) is 0 Å². The summed E-state index contributed by atoms with van der Waals surface area (Å²) in [5.74, 6) is -0.361. The highest BCUT2D eigenvalue weighted by molar-refractivity contribution is 5.99. The Morgan fingerprint density at radius 3 is 2.33 bits per heavy atom. The van der Waals surface area contributed by atoms with Crippen LogP contribution >= 0.6 is 0 Å². The van der Waals surface area contributed by atoms with Crippen molar-refractivity contribution in [3.8, 4) is 22.7 Å². The van der Waals surface area contributed by atoms with Gasteiger partial charge in [0.25, 0.3) is 5.91 Å². The molecule has 0 atom stereocenters. The van der Waals surface area contributed by atoms with Crippen LogP contribution in [0.15, 0.2) is 85.1 Å². The van der Waals surface area contributed by atoms with Crippen molar-refractivity contribution in [3.05, 3.63) is 96.2 Å². The van der Waals surface area contributed by atoms with Gasteiger partial charge in [-0.05, 0) is 55.0 Å². The third-order valence-corrected chi connectivity index (χ3v) is 5.07. The van der Waals surface area contributed by atoms with Gasteiger partial charge in [-0.2, -0.15) is 5.10 Å². The van der Waals surface area contributed by atoms with Crippen LogP contribution < -0.4 is 10.1 Å². The summed E-state index contributed by atoms with van der Waals surface area (Å²) in [6, 6.07) is 24.1. The zero-order chi connectivity index (χ0) is 23.2. The molecule has 0 fully saturated rings. The highest BCUT2D eigenvalue weighted by Gasteiger charge is 2.21. The average Bonchev–Trinajstić information content (AvgIpc) is 3.30. The maximum Gasteiger partial charge on any atom is 0.342 e. The van der Waals surface area contributed by atoms with E-state index in [2.05, 4.69) is 10.4 Å². The molecule has 4 aromatic rings. The van der Waals surface area contributed by atoms with Gasteiger partial charge in [-0.1, -0.05) is 36.4 Å². The van der Waals surface area contributed by atoms with Crippen molar-refractivity contribution in [1.29, 1.82) is 0 Å². The first kappa shape index (κ1) is 21.8. The molecule has 0 radical (unpaired) electrons. The fourth-order valence-electron chi connectivity index (χ4n) is 3.31. The lowest BCUT2D eigenvalue weighted by Gasteiger charge is -2.09. The third kappa shape index (κ3) is 5.10. The van der Waals surface area contributed by atoms with Crippen LogP contribution in [0.25, 0.3) is 16.9 Å². The zero-order valence-corrected chi connectivity index (χ0v) is 18.3. The van der Waals surface area contributed by atoms with E-state index in [4.69, 9.17) is 9.47 Å². The number of rotatable bonds is 7. The molecule has 0 spiro atoms. The normalized spacial score (nSPS) is 10.5. The van der Waals surface area contributed by atoms with Gasteiger partial charge in [0.15, 0.2) is 6.61 Å². The maximum absolute atomic E-state index is 13.0. The standard InChI is InChI=1S/C26H23N3O4/c1-18-8-6-7-11-23(18)27-24(30)17-33-26(31)22-16-29(20-9-4-3-5-10-20)28-25(22)19-12-14-21(32-2)15-13-19/h3-16H,17H2,1-2H3,(H,27,30). The number of carbonyl (C=O) groups is 2. The summed E-state index contributed by atoms with van der Waals surface area (Å²) in [7, 11) is 1.59. The Balaban J connectivity index is 1.56. The Labute approximate surface area is 191 Å². The predicted octanol–water partition coefficient (Wildman–Crippen LogP) is 4.65. The number of aromatic nitrogens is 2. The fourth-order valence-corrected chi connectivity index (χ4v) is 3.31. The first-order valence-electron chi connectivity index (χ1n) is 10.4. The van der Waals surface area contributed by atoms with E-state index in [9.17, 15) is 9.59 Å². The van der Waals surface area contributed by atoms with Gasteiger partial charge in [-0.3, -0.25) is 4.79 Å². The summed E-state index contributed by atoms with van der Waals surface area (Å²) in [6.07, 6.45) is 1.61. The number of methoxy groups -OCH3 is 1. The molecule has 3 aromatic carbocycles. The van der Waals surface area contributed by atoms with Crippen LogP contribution in [-0.4, -0.2) is 35.4 Å². The second-order valence-electron chi connectivity index (χ2n) is 7.34. The molecular formula is C26H23N3O4. The van der Waals surface area contributed by atoms with Crippen molar-refractivity contribution >= 4 is 17.6 Å². The van der Waals surface area contributed by atoms with Gasteiger partial charge in [0.2, 0.25) is 0 Å². The number of para-hydroxylation sites is 2. The van der Waals surface area contributed by atoms with E-state index >= 15 is 0 Å². The fraction of sp³-hybridized carbons (Fsp3) is 0.115. The molecule has 1 aromatic heterocycles. The molecule has 166 valence electrons. The van der Waals surface area contributed by atoms with Gasteiger partial charge in [0.1, 0.15) is 17.0 Å². The average molecular weight is 441 g/mol. The molecule has 0 saturated heterocycles. The second kappa shape index (κ2) is 9.82. The number of anilines is 1. The molecule has 0 aliphatic rings. The predicted molar refractivity (Wildman–Crippen MR) is 126 cm³/mol. The summed E-state index contributed by atoms with van der Waals surface area (Å²) in [6.45, 7) is 1.48. The Kier molecular flexibility index (Phi) is 6.50. The lowest BCUT2D eigenvalue weighted by Crippen LogP contribution is -2.21. The lowest BCUT2D eigenvalue weighted by molar-refractivity contribution is -0.119. The number of amides is 1. The molecule has 1 amide bonds. The summed E-state index contributed by atoms with van der Waals surface area (Å²) in [5.41, 5.74) is 3.82. The van der Waals surface area contributed by atoms with Gasteiger partial charge >= 0.3 is 5.97 Å². The van der Waals surface area contributed by atoms with Gasteiger partial charge in [0, 0.05) is 17.4 Å². The minimum absolute atomic E-state index is 0.257. The number of esters is 1. The van der Waals surface area contributed by atoms with E-state index in [1.807, 2.05) is 67.6 Å². The first-order chi connectivity index (χ1) is 16.0. The van der Waals surface area contributed by atoms with E-state index in [1.165, 1.54) is 0 Å². The molecule has 0 saturated carbocycles. The van der Waals surface area contributed by atoms with Crippen molar-refractivity contribution in [2.75, 3.05) is 19.0 Å². The molecular weight excluding hydrogens is 418 g/mol. The number of nitrogens with zero attached hydrogens (tertiary/aromatic N) is 2.